The number of aliphatic hydroxyl groups is 3. The topological polar surface area (TPSA) is 178 Å². The van der Waals surface area contributed by atoms with Crippen LogP contribution in [0.3, 0.4) is 0 Å². The summed E-state index contributed by atoms with van der Waals surface area (Å²) in [5, 5.41) is 30.9. The van der Waals surface area contributed by atoms with Gasteiger partial charge in [-0.15, -0.1) is 0 Å². The average molecular weight is 1040 g/mol. The van der Waals surface area contributed by atoms with Gasteiger partial charge in [0.25, 0.3) is 0 Å². The fourth-order valence-corrected chi connectivity index (χ4v) is 9.78. The molecule has 1 heterocycles. The first-order chi connectivity index (χ1) is 35.1. The van der Waals surface area contributed by atoms with Gasteiger partial charge in [0.15, 0.2) is 6.29 Å². The Morgan fingerprint density at radius 2 is 0.917 bits per heavy atom. The minimum atomic E-state index is -5.07. The van der Waals surface area contributed by atoms with Gasteiger partial charge >= 0.3 is 16.4 Å². The SMILES string of the molecule is CCCCCCC/C=C\C/C=C\C/C=C\CCCCCCCCC(=O)OC(COCCCCCCCCCCCCCCCCCCCCCCCCCC)COC1OC(CO)C(O)C(OS(=O)(=O)O)C1O. The minimum absolute atomic E-state index is 0.0340. The van der Waals surface area contributed by atoms with Gasteiger partial charge in [-0.25, -0.2) is 4.18 Å². The fraction of sp³-hybridized carbons (Fsp3) is 0.881. The summed E-state index contributed by atoms with van der Waals surface area (Å²) in [6.07, 6.45) is 53.3. The van der Waals surface area contributed by atoms with Gasteiger partial charge in [0.05, 0.1) is 19.8 Å². The van der Waals surface area contributed by atoms with Gasteiger partial charge in [0.1, 0.15) is 30.5 Å². The number of unbranched alkanes of at least 4 members (excludes halogenated alkanes) is 34. The van der Waals surface area contributed by atoms with Crippen molar-refractivity contribution < 1.29 is 56.2 Å². The first-order valence-electron chi connectivity index (χ1n) is 29.7. The Bertz CT molecular complexity index is 1390. The number of allylic oxidation sites excluding steroid dienone is 6. The van der Waals surface area contributed by atoms with Crippen molar-refractivity contribution in [3.8, 4) is 0 Å². The maximum atomic E-state index is 13.0. The van der Waals surface area contributed by atoms with Crippen LogP contribution in [0.4, 0.5) is 0 Å². The molecule has 6 atom stereocenters. The maximum absolute atomic E-state index is 13.0. The first-order valence-corrected chi connectivity index (χ1v) is 31.1. The van der Waals surface area contributed by atoms with Gasteiger partial charge in [-0.05, 0) is 51.4 Å². The van der Waals surface area contributed by atoms with E-state index in [1.807, 2.05) is 0 Å². The highest BCUT2D eigenvalue weighted by Gasteiger charge is 2.48. The lowest BCUT2D eigenvalue weighted by Crippen LogP contribution is -2.60. The standard InChI is InChI=1S/C59H110O12S/c1-3-5-7-9-11-13-15-17-19-21-23-25-26-27-29-31-33-35-37-39-41-43-45-47-49-67-51-53(52-68-59-57(63)58(71-72(64,65)66)56(62)54(50-60)70-59)69-55(61)48-46-44-42-40-38-36-34-32-30-28-24-22-20-18-16-14-12-10-8-6-4-2/h16,18,22,24,30,32,53-54,56-60,62-63H,3-15,17,19-21,23,25-29,31,33-52H2,1-2H3,(H,64,65,66)/b18-16-,24-22-,32-30-. The van der Waals surface area contributed by atoms with Crippen LogP contribution >= 0.6 is 0 Å². The molecule has 0 aromatic heterocycles. The molecule has 12 nitrogen and oxygen atoms in total. The number of ether oxygens (including phenoxy) is 4. The summed E-state index contributed by atoms with van der Waals surface area (Å²) in [6, 6.07) is 0. The van der Waals surface area contributed by atoms with Gasteiger partial charge in [-0.1, -0.05) is 249 Å². The Hall–Kier alpha value is -1.68. The zero-order chi connectivity index (χ0) is 52.4. The molecule has 0 aromatic carbocycles. The number of carbonyl (C=O) groups excluding carboxylic acids is 1. The van der Waals surface area contributed by atoms with Crippen LogP contribution in [0.15, 0.2) is 36.5 Å². The molecule has 1 saturated heterocycles. The quantitative estimate of drug-likeness (QED) is 0.0196. The van der Waals surface area contributed by atoms with E-state index in [1.54, 1.807) is 0 Å². The number of hydrogen-bond donors (Lipinski definition) is 4. The van der Waals surface area contributed by atoms with Crippen molar-refractivity contribution in [3.05, 3.63) is 36.5 Å². The van der Waals surface area contributed by atoms with Crippen molar-refractivity contribution in [1.29, 1.82) is 0 Å². The predicted octanol–water partition coefficient (Wildman–Crippen LogP) is 14.9. The third-order valence-electron chi connectivity index (χ3n) is 13.8. The van der Waals surface area contributed by atoms with Crippen LogP contribution in [-0.4, -0.2) is 97.5 Å². The fourth-order valence-electron chi connectivity index (χ4n) is 9.27. The van der Waals surface area contributed by atoms with Crippen LogP contribution in [0.25, 0.3) is 0 Å². The molecule has 1 rings (SSSR count). The van der Waals surface area contributed by atoms with Crippen molar-refractivity contribution in [2.24, 2.45) is 0 Å². The minimum Gasteiger partial charge on any atom is -0.457 e. The Balaban J connectivity index is 2.29. The van der Waals surface area contributed by atoms with Crippen molar-refractivity contribution >= 4 is 16.4 Å². The molecule has 1 aliphatic heterocycles. The van der Waals surface area contributed by atoms with Crippen LogP contribution in [-0.2, 0) is 38.3 Å². The van der Waals surface area contributed by atoms with E-state index in [0.717, 1.165) is 70.6 Å². The second-order valence-corrected chi connectivity index (χ2v) is 21.6. The van der Waals surface area contributed by atoms with E-state index >= 15 is 0 Å². The maximum Gasteiger partial charge on any atom is 0.397 e. The monoisotopic (exact) mass is 1040 g/mol. The van der Waals surface area contributed by atoms with Crippen molar-refractivity contribution in [3.63, 3.8) is 0 Å². The first kappa shape index (κ1) is 68.3. The van der Waals surface area contributed by atoms with Crippen LogP contribution in [0.1, 0.15) is 271 Å². The summed E-state index contributed by atoms with van der Waals surface area (Å²) in [5.41, 5.74) is 0. The van der Waals surface area contributed by atoms with Gasteiger partial charge in [0, 0.05) is 13.0 Å². The molecule has 0 amide bonds. The van der Waals surface area contributed by atoms with Crippen LogP contribution in [0.5, 0.6) is 0 Å². The third-order valence-corrected chi connectivity index (χ3v) is 14.2. The molecule has 0 aromatic rings. The third kappa shape index (κ3) is 42.5. The molecule has 1 aliphatic rings. The zero-order valence-corrected chi connectivity index (χ0v) is 46.8. The van der Waals surface area contributed by atoms with Gasteiger partial charge < -0.3 is 34.3 Å². The summed E-state index contributed by atoms with van der Waals surface area (Å²) < 4.78 is 59.5. The predicted molar refractivity (Wildman–Crippen MR) is 294 cm³/mol. The highest BCUT2D eigenvalue weighted by molar-refractivity contribution is 7.80. The lowest BCUT2D eigenvalue weighted by atomic mass is 9.99. The van der Waals surface area contributed by atoms with Crippen molar-refractivity contribution in [2.45, 2.75) is 307 Å². The number of rotatable bonds is 53. The Morgan fingerprint density at radius 3 is 1.33 bits per heavy atom. The molecule has 424 valence electrons. The average Bonchev–Trinajstić information content (AvgIpc) is 3.36. The van der Waals surface area contributed by atoms with E-state index in [0.29, 0.717) is 13.0 Å². The summed E-state index contributed by atoms with van der Waals surface area (Å²) in [4.78, 5) is 13.0. The Kier molecular flexibility index (Phi) is 47.6. The van der Waals surface area contributed by atoms with Crippen LogP contribution < -0.4 is 0 Å². The van der Waals surface area contributed by atoms with Crippen LogP contribution in [0, 0.1) is 0 Å². The zero-order valence-electron chi connectivity index (χ0n) is 46.0. The molecule has 13 heteroatoms. The molecular formula is C59H110O12S. The number of hydrogen-bond acceptors (Lipinski definition) is 11. The highest BCUT2D eigenvalue weighted by atomic mass is 32.3. The molecule has 4 N–H and O–H groups in total. The van der Waals surface area contributed by atoms with Crippen LogP contribution in [0.2, 0.25) is 0 Å². The van der Waals surface area contributed by atoms with Gasteiger partial charge in [0.2, 0.25) is 0 Å². The molecule has 72 heavy (non-hydrogen) atoms. The van der Waals surface area contributed by atoms with E-state index in [9.17, 15) is 33.1 Å². The summed E-state index contributed by atoms with van der Waals surface area (Å²) in [5.74, 6) is -0.406. The molecular weight excluding hydrogens is 933 g/mol. The van der Waals surface area contributed by atoms with Gasteiger partial charge in [-0.2, -0.15) is 8.42 Å². The molecule has 0 aliphatic carbocycles. The normalized spacial score (nSPS) is 19.1. The largest absolute Gasteiger partial charge is 0.457 e. The smallest absolute Gasteiger partial charge is 0.397 e. The lowest BCUT2D eigenvalue weighted by molar-refractivity contribution is -0.301. The van der Waals surface area contributed by atoms with E-state index < -0.39 is 59.8 Å². The molecule has 0 spiro atoms. The lowest BCUT2D eigenvalue weighted by Gasteiger charge is -2.41. The van der Waals surface area contributed by atoms with E-state index in [1.165, 1.54) is 173 Å². The van der Waals surface area contributed by atoms with Gasteiger partial charge in [-0.3, -0.25) is 9.35 Å². The molecule has 0 saturated carbocycles. The summed E-state index contributed by atoms with van der Waals surface area (Å²) in [6.45, 7) is 4.02. The number of carbonyl (C=O) groups is 1. The van der Waals surface area contributed by atoms with Crippen molar-refractivity contribution in [1.82, 2.24) is 0 Å². The molecule has 0 radical (unpaired) electrons. The second-order valence-electron chi connectivity index (χ2n) is 20.6. The number of esters is 1. The summed E-state index contributed by atoms with van der Waals surface area (Å²) >= 11 is 0. The van der Waals surface area contributed by atoms with E-state index in [4.69, 9.17) is 18.9 Å². The Labute approximate surface area is 441 Å². The molecule has 1 fully saturated rings. The van der Waals surface area contributed by atoms with Crippen molar-refractivity contribution in [2.75, 3.05) is 26.4 Å². The highest BCUT2D eigenvalue weighted by Crippen LogP contribution is 2.26. The second kappa shape index (κ2) is 50.2. The van der Waals surface area contributed by atoms with E-state index in [2.05, 4.69) is 54.5 Å². The molecule has 6 unspecified atom stereocenters. The molecule has 0 bridgehead atoms. The summed E-state index contributed by atoms with van der Waals surface area (Å²) in [7, 11) is -5.07. The van der Waals surface area contributed by atoms with E-state index in [-0.39, 0.29) is 19.6 Å². The number of aliphatic hydroxyl groups excluding tert-OH is 3. The Morgan fingerprint density at radius 1 is 0.528 bits per heavy atom.